The van der Waals surface area contributed by atoms with Crippen molar-refractivity contribution in [1.29, 1.82) is 0 Å². The van der Waals surface area contributed by atoms with E-state index >= 15 is 0 Å². The molecular formula is C36H28S2. The highest BCUT2D eigenvalue weighted by molar-refractivity contribution is 7.99. The van der Waals surface area contributed by atoms with Gasteiger partial charge in [-0.15, -0.1) is 0 Å². The molecule has 0 atom stereocenters. The van der Waals surface area contributed by atoms with Crippen molar-refractivity contribution >= 4 is 25.3 Å². The van der Waals surface area contributed by atoms with Crippen LogP contribution in [0.5, 0.6) is 0 Å². The fourth-order valence-electron chi connectivity index (χ4n) is 4.75. The second-order valence-electron chi connectivity index (χ2n) is 8.98. The molecule has 0 N–H and O–H groups in total. The summed E-state index contributed by atoms with van der Waals surface area (Å²) in [4.78, 5) is 2.47. The molecule has 0 saturated heterocycles. The first-order valence-electron chi connectivity index (χ1n) is 12.5. The molecule has 0 bridgehead atoms. The third kappa shape index (κ3) is 5.62. The fourth-order valence-corrected chi connectivity index (χ4v) is 5.57. The lowest BCUT2D eigenvalue weighted by Gasteiger charge is -2.16. The maximum absolute atomic E-state index is 2.26. The summed E-state index contributed by atoms with van der Waals surface area (Å²) in [5, 5.41) is 0. The van der Waals surface area contributed by atoms with Crippen LogP contribution in [0.4, 0.5) is 0 Å². The zero-order valence-corrected chi connectivity index (χ0v) is 22.7. The van der Waals surface area contributed by atoms with Crippen LogP contribution in [-0.2, 0) is 0 Å². The Labute approximate surface area is 236 Å². The van der Waals surface area contributed by atoms with E-state index in [2.05, 4.69) is 158 Å². The molecule has 38 heavy (non-hydrogen) atoms. The number of hydrogen-bond acceptors (Lipinski definition) is 1. The first-order valence-corrected chi connectivity index (χ1v) is 13.3. The average molecular weight is 525 g/mol. The Morgan fingerprint density at radius 1 is 0.289 bits per heavy atom. The second kappa shape index (κ2) is 12.0. The van der Waals surface area contributed by atoms with Crippen molar-refractivity contribution in [1.82, 2.24) is 0 Å². The lowest BCUT2D eigenvalue weighted by molar-refractivity contribution is 1.40. The highest BCUT2D eigenvalue weighted by Gasteiger charge is 2.14. The highest BCUT2D eigenvalue weighted by Crippen LogP contribution is 2.41. The molecule has 0 fully saturated rings. The Balaban J connectivity index is 0.00000294. The van der Waals surface area contributed by atoms with Gasteiger partial charge >= 0.3 is 0 Å². The van der Waals surface area contributed by atoms with Gasteiger partial charge < -0.3 is 0 Å². The van der Waals surface area contributed by atoms with Crippen LogP contribution in [0, 0.1) is 0 Å². The quantitative estimate of drug-likeness (QED) is 0.209. The van der Waals surface area contributed by atoms with Crippen molar-refractivity contribution in [3.05, 3.63) is 158 Å². The number of hydrogen-bond donors (Lipinski definition) is 0. The monoisotopic (exact) mass is 524 g/mol. The lowest BCUT2D eigenvalue weighted by atomic mass is 9.88. The lowest BCUT2D eigenvalue weighted by Crippen LogP contribution is -1.90. The molecule has 6 rings (SSSR count). The maximum atomic E-state index is 2.26. The van der Waals surface area contributed by atoms with Gasteiger partial charge in [-0.1, -0.05) is 145 Å². The Morgan fingerprint density at radius 3 is 1.11 bits per heavy atom. The summed E-state index contributed by atoms with van der Waals surface area (Å²) in [5.41, 5.74) is 9.93. The molecule has 0 unspecified atom stereocenters. The first-order chi connectivity index (χ1) is 18.3. The van der Waals surface area contributed by atoms with Gasteiger partial charge in [0.15, 0.2) is 0 Å². The van der Waals surface area contributed by atoms with Crippen LogP contribution in [-0.4, -0.2) is 0 Å². The summed E-state index contributed by atoms with van der Waals surface area (Å²) in [6.45, 7) is 0. The van der Waals surface area contributed by atoms with Crippen molar-refractivity contribution in [2.75, 3.05) is 0 Å². The van der Waals surface area contributed by atoms with E-state index in [4.69, 9.17) is 0 Å². The van der Waals surface area contributed by atoms with E-state index in [1.54, 1.807) is 11.8 Å². The van der Waals surface area contributed by atoms with E-state index in [1.807, 2.05) is 0 Å². The summed E-state index contributed by atoms with van der Waals surface area (Å²) >= 11 is 1.80. The van der Waals surface area contributed by atoms with Crippen LogP contribution in [0.15, 0.2) is 168 Å². The van der Waals surface area contributed by atoms with Gasteiger partial charge in [0.1, 0.15) is 0 Å². The SMILES string of the molecule is S.c1ccc(-c2ccc(Sc3ccc(-c4c(-c5ccccc5)cccc4-c4ccccc4)cc3)cc2)cc1. The van der Waals surface area contributed by atoms with Crippen molar-refractivity contribution in [2.45, 2.75) is 9.79 Å². The molecule has 0 radical (unpaired) electrons. The third-order valence-corrected chi connectivity index (χ3v) is 7.59. The number of rotatable bonds is 6. The second-order valence-corrected chi connectivity index (χ2v) is 10.1. The van der Waals surface area contributed by atoms with E-state index in [-0.39, 0.29) is 13.5 Å². The highest BCUT2D eigenvalue weighted by atomic mass is 32.2. The predicted octanol–water partition coefficient (Wildman–Crippen LogP) is 10.6. The minimum atomic E-state index is 0. The van der Waals surface area contributed by atoms with E-state index < -0.39 is 0 Å². The summed E-state index contributed by atoms with van der Waals surface area (Å²) < 4.78 is 0. The maximum Gasteiger partial charge on any atom is 0.0122 e. The van der Waals surface area contributed by atoms with Crippen LogP contribution in [0.2, 0.25) is 0 Å². The molecule has 0 amide bonds. The number of benzene rings is 6. The van der Waals surface area contributed by atoms with Crippen molar-refractivity contribution in [2.24, 2.45) is 0 Å². The molecule has 0 spiro atoms. The molecule has 0 aliphatic rings. The van der Waals surface area contributed by atoms with Crippen molar-refractivity contribution in [3.8, 4) is 44.5 Å². The summed E-state index contributed by atoms with van der Waals surface area (Å²) in [5.74, 6) is 0. The molecule has 6 aromatic rings. The van der Waals surface area contributed by atoms with E-state index in [1.165, 1.54) is 54.3 Å². The standard InChI is InChI=1S/C36H26S.H2S/c1-4-11-27(12-5-1)28-19-23-32(24-20-28)37-33-25-21-31(22-26-33)36-34(29-13-6-2-7-14-29)17-10-18-35(36)30-15-8-3-9-16-30;/h1-26H;1H2. The van der Waals surface area contributed by atoms with Crippen LogP contribution >= 0.6 is 25.3 Å². The van der Waals surface area contributed by atoms with Gasteiger partial charge in [-0.2, -0.15) is 13.5 Å². The van der Waals surface area contributed by atoms with Gasteiger partial charge in [0.05, 0.1) is 0 Å². The van der Waals surface area contributed by atoms with Gasteiger partial charge in [-0.05, 0) is 68.8 Å². The largest absolute Gasteiger partial charge is 0.197 e. The molecule has 2 heteroatoms. The molecule has 0 aromatic heterocycles. The molecule has 6 aromatic carbocycles. The molecule has 0 aliphatic carbocycles. The van der Waals surface area contributed by atoms with E-state index in [0.29, 0.717) is 0 Å². The van der Waals surface area contributed by atoms with Crippen molar-refractivity contribution in [3.63, 3.8) is 0 Å². The Morgan fingerprint density at radius 2 is 0.658 bits per heavy atom. The van der Waals surface area contributed by atoms with E-state index in [0.717, 1.165) is 0 Å². The molecular weight excluding hydrogens is 497 g/mol. The average Bonchev–Trinajstić information content (AvgIpc) is 2.99. The normalized spacial score (nSPS) is 10.5. The first kappa shape index (κ1) is 25.7. The summed E-state index contributed by atoms with van der Waals surface area (Å²) in [7, 11) is 0. The zero-order chi connectivity index (χ0) is 24.9. The minimum absolute atomic E-state index is 0. The topological polar surface area (TPSA) is 0 Å². The molecule has 0 heterocycles. The van der Waals surface area contributed by atoms with Gasteiger partial charge in [0.2, 0.25) is 0 Å². The molecule has 0 aliphatic heterocycles. The third-order valence-electron chi connectivity index (χ3n) is 6.57. The fraction of sp³-hybridized carbons (Fsp3) is 0. The summed E-state index contributed by atoms with van der Waals surface area (Å²) in [6.07, 6.45) is 0. The smallest absolute Gasteiger partial charge is 0.0122 e. The zero-order valence-electron chi connectivity index (χ0n) is 20.9. The van der Waals surface area contributed by atoms with Crippen molar-refractivity contribution < 1.29 is 0 Å². The Hall–Kier alpha value is -3.98. The molecule has 184 valence electrons. The van der Waals surface area contributed by atoms with Crippen LogP contribution in [0.3, 0.4) is 0 Å². The Kier molecular flexibility index (Phi) is 8.13. The van der Waals surface area contributed by atoms with Gasteiger partial charge in [0, 0.05) is 9.79 Å². The minimum Gasteiger partial charge on any atom is -0.197 e. The van der Waals surface area contributed by atoms with Crippen LogP contribution < -0.4 is 0 Å². The van der Waals surface area contributed by atoms with Gasteiger partial charge in [-0.3, -0.25) is 0 Å². The van der Waals surface area contributed by atoms with Gasteiger partial charge in [0.25, 0.3) is 0 Å². The molecule has 0 saturated carbocycles. The van der Waals surface area contributed by atoms with Crippen LogP contribution in [0.25, 0.3) is 44.5 Å². The van der Waals surface area contributed by atoms with E-state index in [9.17, 15) is 0 Å². The summed E-state index contributed by atoms with van der Waals surface area (Å²) in [6, 6.07) is 56.3. The molecule has 0 nitrogen and oxygen atoms in total. The van der Waals surface area contributed by atoms with Gasteiger partial charge in [-0.25, -0.2) is 0 Å². The Bertz CT molecular complexity index is 1530. The van der Waals surface area contributed by atoms with Crippen LogP contribution in [0.1, 0.15) is 0 Å². The predicted molar refractivity (Wildman–Crippen MR) is 169 cm³/mol.